The van der Waals surface area contributed by atoms with E-state index in [4.69, 9.17) is 9.84 Å². The number of nitrogens with zero attached hydrogens (tertiary/aromatic N) is 2. The van der Waals surface area contributed by atoms with Crippen molar-refractivity contribution in [1.29, 1.82) is 0 Å². The molecule has 122 valence electrons. The van der Waals surface area contributed by atoms with Crippen LogP contribution in [-0.2, 0) is 4.79 Å². The van der Waals surface area contributed by atoms with Gasteiger partial charge in [-0.2, -0.15) is 0 Å². The summed E-state index contributed by atoms with van der Waals surface area (Å²) in [5.41, 5.74) is 0. The van der Waals surface area contributed by atoms with E-state index in [0.717, 1.165) is 26.2 Å². The van der Waals surface area contributed by atoms with Crippen LogP contribution in [0.3, 0.4) is 0 Å². The van der Waals surface area contributed by atoms with E-state index < -0.39 is 0 Å². The first-order chi connectivity index (χ1) is 10.7. The summed E-state index contributed by atoms with van der Waals surface area (Å²) in [7, 11) is 0. The number of hydrogen-bond donors (Lipinski definition) is 1. The Kier molecular flexibility index (Phi) is 6.61. The minimum Gasteiger partial charge on any atom is -0.494 e. The van der Waals surface area contributed by atoms with E-state index in [0.29, 0.717) is 31.7 Å². The van der Waals surface area contributed by atoms with Crippen molar-refractivity contribution in [1.82, 2.24) is 9.80 Å². The molecule has 0 bridgehead atoms. The second kappa shape index (κ2) is 8.70. The molecular formula is C16H23FN2O3. The van der Waals surface area contributed by atoms with Crippen molar-refractivity contribution in [3.05, 3.63) is 30.1 Å². The highest BCUT2D eigenvalue weighted by atomic mass is 19.1. The summed E-state index contributed by atoms with van der Waals surface area (Å²) in [4.78, 5) is 16.1. The zero-order chi connectivity index (χ0) is 15.8. The Morgan fingerprint density at radius 1 is 1.18 bits per heavy atom. The second-order valence-corrected chi connectivity index (χ2v) is 5.35. The smallest absolute Gasteiger partial charge is 0.222 e. The van der Waals surface area contributed by atoms with E-state index in [2.05, 4.69) is 4.90 Å². The normalized spacial score (nSPS) is 15.8. The van der Waals surface area contributed by atoms with E-state index in [1.165, 1.54) is 12.1 Å². The molecule has 0 atom stereocenters. The molecule has 0 unspecified atom stereocenters. The lowest BCUT2D eigenvalue weighted by molar-refractivity contribution is -0.133. The van der Waals surface area contributed by atoms with Gasteiger partial charge in [-0.05, 0) is 30.7 Å². The van der Waals surface area contributed by atoms with Crippen LogP contribution in [-0.4, -0.2) is 66.8 Å². The van der Waals surface area contributed by atoms with Gasteiger partial charge in [0.25, 0.3) is 0 Å². The topological polar surface area (TPSA) is 53.0 Å². The predicted octanol–water partition coefficient (Wildman–Crippen LogP) is 1.12. The number of piperazine rings is 1. The second-order valence-electron chi connectivity index (χ2n) is 5.35. The van der Waals surface area contributed by atoms with Crippen LogP contribution < -0.4 is 4.74 Å². The monoisotopic (exact) mass is 310 g/mol. The molecule has 5 nitrogen and oxygen atoms in total. The Balaban J connectivity index is 1.61. The lowest BCUT2D eigenvalue weighted by atomic mass is 10.2. The number of ether oxygens (including phenoxy) is 1. The zero-order valence-electron chi connectivity index (χ0n) is 12.7. The van der Waals surface area contributed by atoms with Gasteiger partial charge < -0.3 is 14.7 Å². The third-order valence-electron chi connectivity index (χ3n) is 3.76. The van der Waals surface area contributed by atoms with Crippen LogP contribution in [0.15, 0.2) is 24.3 Å². The Labute approximate surface area is 130 Å². The average molecular weight is 310 g/mol. The number of carbonyl (C=O) groups is 1. The number of hydrogen-bond acceptors (Lipinski definition) is 4. The highest BCUT2D eigenvalue weighted by molar-refractivity contribution is 5.76. The van der Waals surface area contributed by atoms with E-state index in [-0.39, 0.29) is 18.3 Å². The molecule has 22 heavy (non-hydrogen) atoms. The molecular weight excluding hydrogens is 287 g/mol. The average Bonchev–Trinajstić information content (AvgIpc) is 2.54. The molecule has 1 fully saturated rings. The first-order valence-electron chi connectivity index (χ1n) is 7.68. The van der Waals surface area contributed by atoms with Crippen molar-refractivity contribution in [2.45, 2.75) is 12.8 Å². The lowest BCUT2D eigenvalue weighted by Gasteiger charge is -2.34. The summed E-state index contributed by atoms with van der Waals surface area (Å²) in [6, 6.07) is 5.87. The lowest BCUT2D eigenvalue weighted by Crippen LogP contribution is -2.49. The molecule has 1 heterocycles. The zero-order valence-corrected chi connectivity index (χ0v) is 12.7. The minimum atomic E-state index is -0.289. The fourth-order valence-corrected chi connectivity index (χ4v) is 2.46. The van der Waals surface area contributed by atoms with Crippen molar-refractivity contribution >= 4 is 5.91 Å². The Hall–Kier alpha value is -1.66. The Morgan fingerprint density at radius 3 is 2.50 bits per heavy atom. The van der Waals surface area contributed by atoms with Gasteiger partial charge in [0.05, 0.1) is 13.2 Å². The summed E-state index contributed by atoms with van der Waals surface area (Å²) in [6.45, 7) is 4.36. The fraction of sp³-hybridized carbons (Fsp3) is 0.562. The van der Waals surface area contributed by atoms with Gasteiger partial charge in [0, 0.05) is 39.1 Å². The first kappa shape index (κ1) is 16.7. The number of halogens is 1. The number of carbonyl (C=O) groups excluding carboxylic acids is 1. The molecule has 1 N–H and O–H groups in total. The van der Waals surface area contributed by atoms with Crippen LogP contribution in [0.2, 0.25) is 0 Å². The quantitative estimate of drug-likeness (QED) is 0.767. The Morgan fingerprint density at radius 2 is 1.86 bits per heavy atom. The number of benzene rings is 1. The summed E-state index contributed by atoms with van der Waals surface area (Å²) in [5.74, 6) is 0.473. The molecule has 1 saturated heterocycles. The minimum absolute atomic E-state index is 0.145. The molecule has 0 aromatic heterocycles. The first-order valence-corrected chi connectivity index (χ1v) is 7.68. The molecule has 0 aliphatic carbocycles. The molecule has 0 saturated carbocycles. The molecule has 1 aliphatic rings. The molecule has 2 rings (SSSR count). The van der Waals surface area contributed by atoms with Gasteiger partial charge in [-0.15, -0.1) is 0 Å². The van der Waals surface area contributed by atoms with Crippen molar-refractivity contribution in [3.8, 4) is 5.75 Å². The van der Waals surface area contributed by atoms with E-state index >= 15 is 0 Å². The van der Waals surface area contributed by atoms with Crippen molar-refractivity contribution < 1.29 is 19.0 Å². The number of rotatable bonds is 7. The summed E-state index contributed by atoms with van der Waals surface area (Å²) in [6.07, 6.45) is 1.11. The molecule has 6 heteroatoms. The molecule has 0 spiro atoms. The highest BCUT2D eigenvalue weighted by Crippen LogP contribution is 2.12. The van der Waals surface area contributed by atoms with Gasteiger partial charge in [-0.1, -0.05) is 0 Å². The van der Waals surface area contributed by atoms with Crippen molar-refractivity contribution in [3.63, 3.8) is 0 Å². The molecule has 0 radical (unpaired) electrons. The standard InChI is InChI=1S/C16H23FN2O3/c17-14-3-5-15(6-4-14)22-13-1-2-16(21)19-9-7-18(8-10-19)11-12-20/h3-6,20H,1-2,7-13H2. The van der Waals surface area contributed by atoms with E-state index in [9.17, 15) is 9.18 Å². The maximum atomic E-state index is 12.7. The molecule has 1 aromatic rings. The largest absolute Gasteiger partial charge is 0.494 e. The van der Waals surface area contributed by atoms with E-state index in [1.54, 1.807) is 12.1 Å². The van der Waals surface area contributed by atoms with Gasteiger partial charge >= 0.3 is 0 Å². The van der Waals surface area contributed by atoms with Crippen LogP contribution in [0.5, 0.6) is 5.75 Å². The van der Waals surface area contributed by atoms with Crippen molar-refractivity contribution in [2.75, 3.05) is 45.9 Å². The predicted molar refractivity (Wildman–Crippen MR) is 81.2 cm³/mol. The fourth-order valence-electron chi connectivity index (χ4n) is 2.46. The maximum Gasteiger partial charge on any atom is 0.222 e. The van der Waals surface area contributed by atoms with Gasteiger partial charge in [-0.25, -0.2) is 4.39 Å². The third kappa shape index (κ3) is 5.27. The molecule has 1 aliphatic heterocycles. The summed E-state index contributed by atoms with van der Waals surface area (Å²) >= 11 is 0. The highest BCUT2D eigenvalue weighted by Gasteiger charge is 2.20. The summed E-state index contributed by atoms with van der Waals surface area (Å²) in [5, 5.41) is 8.89. The molecule has 1 amide bonds. The SMILES string of the molecule is O=C(CCCOc1ccc(F)cc1)N1CCN(CCO)CC1. The number of aliphatic hydroxyl groups is 1. The number of β-amino-alcohol motifs (C(OH)–C–C–N with tert-alkyl or cyclic N) is 1. The van der Waals surface area contributed by atoms with Crippen LogP contribution >= 0.6 is 0 Å². The Bertz CT molecular complexity index is 459. The van der Waals surface area contributed by atoms with Crippen LogP contribution in [0, 0.1) is 5.82 Å². The number of aliphatic hydroxyl groups excluding tert-OH is 1. The van der Waals surface area contributed by atoms with E-state index in [1.807, 2.05) is 4.90 Å². The molecule has 1 aromatic carbocycles. The van der Waals surface area contributed by atoms with Gasteiger partial charge in [0.1, 0.15) is 11.6 Å². The third-order valence-corrected chi connectivity index (χ3v) is 3.76. The maximum absolute atomic E-state index is 12.7. The van der Waals surface area contributed by atoms with Crippen molar-refractivity contribution in [2.24, 2.45) is 0 Å². The van der Waals surface area contributed by atoms with Gasteiger partial charge in [0.15, 0.2) is 0 Å². The number of amides is 1. The van der Waals surface area contributed by atoms with Crippen LogP contribution in [0.25, 0.3) is 0 Å². The van der Waals surface area contributed by atoms with Crippen LogP contribution in [0.4, 0.5) is 4.39 Å². The summed E-state index contributed by atoms with van der Waals surface area (Å²) < 4.78 is 18.2. The van der Waals surface area contributed by atoms with Gasteiger partial charge in [0.2, 0.25) is 5.91 Å². The van der Waals surface area contributed by atoms with Crippen LogP contribution in [0.1, 0.15) is 12.8 Å². The van der Waals surface area contributed by atoms with Gasteiger partial charge in [-0.3, -0.25) is 9.69 Å².